The molecule has 0 radical (unpaired) electrons. The van der Waals surface area contributed by atoms with Crippen LogP contribution in [-0.4, -0.2) is 57.2 Å². The lowest BCUT2D eigenvalue weighted by molar-refractivity contribution is -0.134. The maximum Gasteiger partial charge on any atom is 0.237 e. The van der Waals surface area contributed by atoms with Gasteiger partial charge < -0.3 is 15.2 Å². The first-order valence-corrected chi connectivity index (χ1v) is 9.24. The van der Waals surface area contributed by atoms with Crippen LogP contribution in [-0.2, 0) is 29.1 Å². The molecular formula is C17H28N6O2. The first kappa shape index (κ1) is 17.8. The normalized spacial score (nSPS) is 20.6. The van der Waals surface area contributed by atoms with Crippen LogP contribution in [0.3, 0.4) is 0 Å². The minimum Gasteiger partial charge on any atom is -0.353 e. The Bertz CT molecular complexity index is 627. The summed E-state index contributed by atoms with van der Waals surface area (Å²) >= 11 is 0. The Labute approximate surface area is 148 Å². The van der Waals surface area contributed by atoms with Gasteiger partial charge in [0.25, 0.3) is 0 Å². The molecule has 25 heavy (non-hydrogen) atoms. The van der Waals surface area contributed by atoms with Crippen LogP contribution in [0.15, 0.2) is 0 Å². The highest BCUT2D eigenvalue weighted by molar-refractivity contribution is 5.88. The summed E-state index contributed by atoms with van der Waals surface area (Å²) in [6.07, 6.45) is 3.25. The van der Waals surface area contributed by atoms with Gasteiger partial charge in [-0.1, -0.05) is 13.8 Å². The molecule has 3 rings (SSSR count). The quantitative estimate of drug-likeness (QED) is 0.728. The van der Waals surface area contributed by atoms with Gasteiger partial charge in [0, 0.05) is 26.1 Å². The molecule has 2 N–H and O–H groups in total. The predicted octanol–water partition coefficient (Wildman–Crippen LogP) is 0.0771. The Kier molecular flexibility index (Phi) is 5.67. The Morgan fingerprint density at radius 1 is 1.36 bits per heavy atom. The van der Waals surface area contributed by atoms with E-state index in [4.69, 9.17) is 0 Å². The van der Waals surface area contributed by atoms with Gasteiger partial charge in [0.2, 0.25) is 11.8 Å². The minimum atomic E-state index is -0.378. The molecule has 1 atom stereocenters. The molecule has 2 amide bonds. The highest BCUT2D eigenvalue weighted by atomic mass is 16.2. The standard InChI is InChI=1S/C17H28N6O2/c1-12(2)5-8-22-9-6-18-17(25)13(22)10-16(24)19-11-15-21-20-14-4-3-7-23(14)15/h12-13H,3-11H2,1-2H3,(H,18,25)(H,19,24). The van der Waals surface area contributed by atoms with E-state index in [-0.39, 0.29) is 24.3 Å². The number of fused-ring (bicyclic) bond motifs is 1. The van der Waals surface area contributed by atoms with Gasteiger partial charge >= 0.3 is 0 Å². The molecule has 138 valence electrons. The van der Waals surface area contributed by atoms with Gasteiger partial charge in [-0.15, -0.1) is 10.2 Å². The topological polar surface area (TPSA) is 92.2 Å². The number of hydrogen-bond donors (Lipinski definition) is 2. The van der Waals surface area contributed by atoms with Crippen LogP contribution in [0.5, 0.6) is 0 Å². The molecule has 0 saturated carbocycles. The fourth-order valence-electron chi connectivity index (χ4n) is 3.44. The van der Waals surface area contributed by atoms with E-state index in [2.05, 4.69) is 44.1 Å². The monoisotopic (exact) mass is 348 g/mol. The van der Waals surface area contributed by atoms with Crippen LogP contribution in [0.4, 0.5) is 0 Å². The highest BCUT2D eigenvalue weighted by Gasteiger charge is 2.31. The molecule has 2 aliphatic heterocycles. The average molecular weight is 348 g/mol. The van der Waals surface area contributed by atoms with Crippen LogP contribution >= 0.6 is 0 Å². The number of rotatable bonds is 7. The zero-order valence-electron chi connectivity index (χ0n) is 15.1. The van der Waals surface area contributed by atoms with E-state index in [1.807, 2.05) is 0 Å². The number of hydrogen-bond acceptors (Lipinski definition) is 5. The zero-order valence-corrected chi connectivity index (χ0v) is 15.1. The summed E-state index contributed by atoms with van der Waals surface area (Å²) in [6.45, 7) is 7.93. The van der Waals surface area contributed by atoms with Gasteiger partial charge in [0.15, 0.2) is 5.82 Å². The lowest BCUT2D eigenvalue weighted by Gasteiger charge is -2.35. The number of amides is 2. The number of carbonyl (C=O) groups excluding carboxylic acids is 2. The van der Waals surface area contributed by atoms with E-state index in [0.717, 1.165) is 50.5 Å². The van der Waals surface area contributed by atoms with Crippen molar-refractivity contribution in [3.05, 3.63) is 11.6 Å². The van der Waals surface area contributed by atoms with Crippen LogP contribution in [0.25, 0.3) is 0 Å². The van der Waals surface area contributed by atoms with Crippen molar-refractivity contribution in [2.24, 2.45) is 5.92 Å². The molecule has 3 heterocycles. The Hall–Kier alpha value is -1.96. The molecule has 8 nitrogen and oxygen atoms in total. The Morgan fingerprint density at radius 2 is 2.20 bits per heavy atom. The van der Waals surface area contributed by atoms with E-state index in [1.165, 1.54) is 0 Å². The van der Waals surface area contributed by atoms with Crippen LogP contribution < -0.4 is 10.6 Å². The highest BCUT2D eigenvalue weighted by Crippen LogP contribution is 2.14. The number of aryl methyl sites for hydroxylation is 1. The summed E-state index contributed by atoms with van der Waals surface area (Å²) in [5.41, 5.74) is 0. The Morgan fingerprint density at radius 3 is 3.00 bits per heavy atom. The van der Waals surface area contributed by atoms with Crippen LogP contribution in [0.1, 0.15) is 44.8 Å². The molecule has 1 aromatic rings. The van der Waals surface area contributed by atoms with E-state index in [1.54, 1.807) is 0 Å². The molecule has 1 saturated heterocycles. The van der Waals surface area contributed by atoms with Crippen molar-refractivity contribution < 1.29 is 9.59 Å². The van der Waals surface area contributed by atoms with Gasteiger partial charge in [-0.3, -0.25) is 14.5 Å². The minimum absolute atomic E-state index is 0.0477. The third-order valence-electron chi connectivity index (χ3n) is 4.94. The molecule has 1 fully saturated rings. The molecule has 1 unspecified atom stereocenters. The van der Waals surface area contributed by atoms with Gasteiger partial charge in [0.05, 0.1) is 19.0 Å². The van der Waals surface area contributed by atoms with Crippen molar-refractivity contribution in [2.45, 2.75) is 58.7 Å². The Balaban J connectivity index is 1.53. The van der Waals surface area contributed by atoms with Crippen molar-refractivity contribution in [1.82, 2.24) is 30.3 Å². The summed E-state index contributed by atoms with van der Waals surface area (Å²) in [7, 11) is 0. The summed E-state index contributed by atoms with van der Waals surface area (Å²) in [4.78, 5) is 26.7. The number of nitrogens with one attached hydrogen (secondary N) is 2. The molecule has 0 aliphatic carbocycles. The van der Waals surface area contributed by atoms with E-state index < -0.39 is 0 Å². The van der Waals surface area contributed by atoms with Gasteiger partial charge in [-0.2, -0.15) is 0 Å². The van der Waals surface area contributed by atoms with E-state index in [0.29, 0.717) is 19.0 Å². The average Bonchev–Trinajstić information content (AvgIpc) is 3.17. The molecule has 0 bridgehead atoms. The van der Waals surface area contributed by atoms with Crippen molar-refractivity contribution in [3.63, 3.8) is 0 Å². The largest absolute Gasteiger partial charge is 0.353 e. The third kappa shape index (κ3) is 4.36. The lowest BCUT2D eigenvalue weighted by atomic mass is 10.1. The van der Waals surface area contributed by atoms with E-state index >= 15 is 0 Å². The molecular weight excluding hydrogens is 320 g/mol. The summed E-state index contributed by atoms with van der Waals surface area (Å²) < 4.78 is 2.07. The summed E-state index contributed by atoms with van der Waals surface area (Å²) in [5, 5.41) is 14.1. The van der Waals surface area contributed by atoms with E-state index in [9.17, 15) is 9.59 Å². The van der Waals surface area contributed by atoms with Crippen molar-refractivity contribution >= 4 is 11.8 Å². The van der Waals surface area contributed by atoms with Crippen molar-refractivity contribution in [1.29, 1.82) is 0 Å². The number of piperazine rings is 1. The molecule has 8 heteroatoms. The summed E-state index contributed by atoms with van der Waals surface area (Å²) in [6, 6.07) is -0.378. The van der Waals surface area contributed by atoms with Crippen molar-refractivity contribution in [3.8, 4) is 0 Å². The first-order chi connectivity index (χ1) is 12.0. The fourth-order valence-corrected chi connectivity index (χ4v) is 3.44. The first-order valence-electron chi connectivity index (χ1n) is 9.24. The molecule has 0 spiro atoms. The SMILES string of the molecule is CC(C)CCN1CCNC(=O)C1CC(=O)NCc1nnc2n1CCC2. The second-order valence-electron chi connectivity index (χ2n) is 7.29. The summed E-state index contributed by atoms with van der Waals surface area (Å²) in [5.74, 6) is 2.20. The third-order valence-corrected chi connectivity index (χ3v) is 4.94. The van der Waals surface area contributed by atoms with Crippen LogP contribution in [0, 0.1) is 5.92 Å². The second-order valence-corrected chi connectivity index (χ2v) is 7.29. The maximum absolute atomic E-state index is 12.4. The lowest BCUT2D eigenvalue weighted by Crippen LogP contribution is -2.56. The van der Waals surface area contributed by atoms with Crippen molar-refractivity contribution in [2.75, 3.05) is 19.6 Å². The number of nitrogens with zero attached hydrogens (tertiary/aromatic N) is 4. The second kappa shape index (κ2) is 7.95. The predicted molar refractivity (Wildman–Crippen MR) is 92.6 cm³/mol. The fraction of sp³-hybridized carbons (Fsp3) is 0.765. The molecule has 2 aliphatic rings. The number of aromatic nitrogens is 3. The van der Waals surface area contributed by atoms with Gasteiger partial charge in [-0.05, 0) is 25.3 Å². The smallest absolute Gasteiger partial charge is 0.237 e. The maximum atomic E-state index is 12.4. The number of carbonyl (C=O) groups is 2. The zero-order chi connectivity index (χ0) is 17.8. The molecule has 1 aromatic heterocycles. The van der Waals surface area contributed by atoms with Gasteiger partial charge in [-0.25, -0.2) is 0 Å². The van der Waals surface area contributed by atoms with Crippen LogP contribution in [0.2, 0.25) is 0 Å². The van der Waals surface area contributed by atoms with Gasteiger partial charge in [0.1, 0.15) is 5.82 Å². The molecule has 0 aromatic carbocycles.